The van der Waals surface area contributed by atoms with Crippen LogP contribution >= 0.6 is 11.6 Å². The number of hydrogen-bond acceptors (Lipinski definition) is 5. The van der Waals surface area contributed by atoms with Crippen molar-refractivity contribution in [2.75, 3.05) is 51.2 Å². The first-order valence-electron chi connectivity index (χ1n) is 9.58. The highest BCUT2D eigenvalue weighted by Gasteiger charge is 2.19. The third-order valence-electron chi connectivity index (χ3n) is 4.62. The van der Waals surface area contributed by atoms with Crippen LogP contribution in [-0.2, 0) is 4.79 Å². The topological polar surface area (TPSA) is 73.9 Å². The first-order valence-corrected chi connectivity index (χ1v) is 9.96. The Morgan fingerprint density at radius 3 is 2.31 bits per heavy atom. The first-order chi connectivity index (χ1) is 14.1. The number of anilines is 1. The van der Waals surface area contributed by atoms with Gasteiger partial charge in [0, 0.05) is 38.4 Å². The summed E-state index contributed by atoms with van der Waals surface area (Å²) in [6.45, 7) is 4.77. The molecule has 0 spiro atoms. The molecule has 2 aromatic rings. The van der Waals surface area contributed by atoms with Crippen molar-refractivity contribution in [3.63, 3.8) is 0 Å². The molecule has 1 aliphatic rings. The number of para-hydroxylation sites is 2. The Hall–Kier alpha value is -2.61. The second-order valence-corrected chi connectivity index (χ2v) is 7.17. The fourth-order valence-corrected chi connectivity index (χ4v) is 3.26. The molecule has 1 heterocycles. The Morgan fingerprint density at radius 2 is 1.59 bits per heavy atom. The lowest BCUT2D eigenvalue weighted by atomic mass is 10.3. The lowest BCUT2D eigenvalue weighted by molar-refractivity contribution is -0.121. The van der Waals surface area contributed by atoms with Crippen LogP contribution in [0.15, 0.2) is 54.6 Å². The van der Waals surface area contributed by atoms with Gasteiger partial charge in [-0.3, -0.25) is 19.9 Å². The van der Waals surface area contributed by atoms with Crippen LogP contribution < -0.4 is 15.4 Å². The maximum absolute atomic E-state index is 12.1. The lowest BCUT2D eigenvalue weighted by Gasteiger charge is -2.34. The third kappa shape index (κ3) is 7.05. The van der Waals surface area contributed by atoms with Crippen molar-refractivity contribution in [3.05, 3.63) is 59.6 Å². The number of piperazine rings is 1. The van der Waals surface area contributed by atoms with Crippen molar-refractivity contribution in [2.24, 2.45) is 0 Å². The van der Waals surface area contributed by atoms with Crippen molar-refractivity contribution in [3.8, 4) is 5.75 Å². The molecule has 29 heavy (non-hydrogen) atoms. The van der Waals surface area contributed by atoms with Gasteiger partial charge in [0.25, 0.3) is 0 Å². The Balaban J connectivity index is 1.31. The van der Waals surface area contributed by atoms with Crippen LogP contribution in [-0.4, -0.2) is 67.6 Å². The van der Waals surface area contributed by atoms with Crippen molar-refractivity contribution in [2.45, 2.75) is 0 Å². The van der Waals surface area contributed by atoms with Crippen molar-refractivity contribution >= 4 is 29.2 Å². The van der Waals surface area contributed by atoms with Gasteiger partial charge in [-0.1, -0.05) is 41.9 Å². The Morgan fingerprint density at radius 1 is 0.931 bits per heavy atom. The lowest BCUT2D eigenvalue weighted by Crippen LogP contribution is -2.51. The molecular weight excluding hydrogens is 392 g/mol. The van der Waals surface area contributed by atoms with E-state index in [0.29, 0.717) is 23.1 Å². The number of halogens is 1. The molecule has 0 atom stereocenters. The second kappa shape index (κ2) is 10.8. The molecule has 0 saturated carbocycles. The zero-order chi connectivity index (χ0) is 20.5. The van der Waals surface area contributed by atoms with Crippen LogP contribution in [0.5, 0.6) is 5.75 Å². The third-order valence-corrected chi connectivity index (χ3v) is 4.93. The van der Waals surface area contributed by atoms with Crippen LogP contribution in [0.4, 0.5) is 10.5 Å². The van der Waals surface area contributed by atoms with Crippen molar-refractivity contribution < 1.29 is 14.3 Å². The molecule has 2 N–H and O–H groups in total. The van der Waals surface area contributed by atoms with E-state index in [9.17, 15) is 9.59 Å². The van der Waals surface area contributed by atoms with E-state index in [-0.39, 0.29) is 12.5 Å². The van der Waals surface area contributed by atoms with Crippen LogP contribution in [0, 0.1) is 0 Å². The van der Waals surface area contributed by atoms with Gasteiger partial charge < -0.3 is 10.1 Å². The molecule has 2 aromatic carbocycles. The van der Waals surface area contributed by atoms with Crippen molar-refractivity contribution in [1.82, 2.24) is 15.1 Å². The monoisotopic (exact) mass is 416 g/mol. The summed E-state index contributed by atoms with van der Waals surface area (Å²) in [7, 11) is 0. The number of hydrogen-bond donors (Lipinski definition) is 2. The Labute approximate surface area is 175 Å². The minimum absolute atomic E-state index is 0.201. The summed E-state index contributed by atoms with van der Waals surface area (Å²) in [6, 6.07) is 15.9. The van der Waals surface area contributed by atoms with E-state index in [0.717, 1.165) is 32.7 Å². The number of urea groups is 1. The van der Waals surface area contributed by atoms with Gasteiger partial charge >= 0.3 is 6.03 Å². The van der Waals surface area contributed by atoms with Gasteiger partial charge in [0.15, 0.2) is 0 Å². The molecular formula is C21H25ClN4O3. The SMILES string of the molecule is O=C(CN1CCN(CCOc2ccccc2Cl)CC1)NC(=O)Nc1ccccc1. The maximum Gasteiger partial charge on any atom is 0.325 e. The molecule has 3 amide bonds. The molecule has 1 aliphatic heterocycles. The average molecular weight is 417 g/mol. The Kier molecular flexibility index (Phi) is 7.86. The fourth-order valence-electron chi connectivity index (χ4n) is 3.07. The number of carbonyl (C=O) groups excluding carboxylic acids is 2. The number of benzene rings is 2. The molecule has 7 nitrogen and oxygen atoms in total. The molecule has 1 fully saturated rings. The summed E-state index contributed by atoms with van der Waals surface area (Å²) < 4.78 is 5.73. The molecule has 0 unspecified atom stereocenters. The standard InChI is InChI=1S/C21H25ClN4O3/c22-18-8-4-5-9-19(18)29-15-14-25-10-12-26(13-11-25)16-20(27)24-21(28)23-17-6-2-1-3-7-17/h1-9H,10-16H2,(H2,23,24,27,28). The summed E-state index contributed by atoms with van der Waals surface area (Å²) in [5.74, 6) is 0.382. The highest BCUT2D eigenvalue weighted by atomic mass is 35.5. The minimum Gasteiger partial charge on any atom is -0.491 e. The van der Waals surface area contributed by atoms with E-state index >= 15 is 0 Å². The fraction of sp³-hybridized carbons (Fsp3) is 0.333. The van der Waals surface area contributed by atoms with Crippen LogP contribution in [0.3, 0.4) is 0 Å². The molecule has 1 saturated heterocycles. The number of imide groups is 1. The van der Waals surface area contributed by atoms with Gasteiger partial charge in [-0.25, -0.2) is 4.79 Å². The van der Waals surface area contributed by atoms with E-state index in [1.165, 1.54) is 0 Å². The minimum atomic E-state index is -0.517. The van der Waals surface area contributed by atoms with Gasteiger partial charge in [-0.05, 0) is 24.3 Å². The van der Waals surface area contributed by atoms with E-state index in [2.05, 4.69) is 15.5 Å². The molecule has 3 rings (SSSR count). The van der Waals surface area contributed by atoms with Crippen molar-refractivity contribution in [1.29, 1.82) is 0 Å². The molecule has 8 heteroatoms. The van der Waals surface area contributed by atoms with E-state index in [1.807, 2.05) is 41.3 Å². The number of nitrogens with one attached hydrogen (secondary N) is 2. The zero-order valence-electron chi connectivity index (χ0n) is 16.1. The van der Waals surface area contributed by atoms with Gasteiger partial charge in [-0.15, -0.1) is 0 Å². The largest absolute Gasteiger partial charge is 0.491 e. The average Bonchev–Trinajstić information content (AvgIpc) is 2.71. The molecule has 0 aliphatic carbocycles. The summed E-state index contributed by atoms with van der Waals surface area (Å²) in [5, 5.41) is 5.62. The quantitative estimate of drug-likeness (QED) is 0.726. The molecule has 0 radical (unpaired) electrons. The van der Waals surface area contributed by atoms with Crippen LogP contribution in [0.2, 0.25) is 5.02 Å². The van der Waals surface area contributed by atoms with Gasteiger partial charge in [0.2, 0.25) is 5.91 Å². The summed E-state index contributed by atoms with van der Waals surface area (Å²) >= 11 is 6.08. The predicted octanol–water partition coefficient (Wildman–Crippen LogP) is 2.68. The summed E-state index contributed by atoms with van der Waals surface area (Å²) in [4.78, 5) is 28.3. The summed E-state index contributed by atoms with van der Waals surface area (Å²) in [5.41, 5.74) is 0.644. The molecule has 0 bridgehead atoms. The predicted molar refractivity (Wildman–Crippen MR) is 113 cm³/mol. The zero-order valence-corrected chi connectivity index (χ0v) is 16.9. The number of carbonyl (C=O) groups is 2. The van der Waals surface area contributed by atoms with Crippen LogP contribution in [0.25, 0.3) is 0 Å². The van der Waals surface area contributed by atoms with Gasteiger partial charge in [-0.2, -0.15) is 0 Å². The highest BCUT2D eigenvalue weighted by molar-refractivity contribution is 6.32. The smallest absolute Gasteiger partial charge is 0.325 e. The van der Waals surface area contributed by atoms with Gasteiger partial charge in [0.05, 0.1) is 11.6 Å². The van der Waals surface area contributed by atoms with Crippen LogP contribution in [0.1, 0.15) is 0 Å². The number of amides is 3. The van der Waals surface area contributed by atoms with E-state index in [1.54, 1.807) is 18.2 Å². The summed E-state index contributed by atoms with van der Waals surface area (Å²) in [6.07, 6.45) is 0. The molecule has 0 aromatic heterocycles. The molecule has 154 valence electrons. The Bertz CT molecular complexity index is 811. The van der Waals surface area contributed by atoms with E-state index < -0.39 is 6.03 Å². The number of ether oxygens (including phenoxy) is 1. The maximum atomic E-state index is 12.1. The number of rotatable bonds is 7. The highest BCUT2D eigenvalue weighted by Crippen LogP contribution is 2.22. The van der Waals surface area contributed by atoms with E-state index in [4.69, 9.17) is 16.3 Å². The second-order valence-electron chi connectivity index (χ2n) is 6.76. The normalized spacial score (nSPS) is 14.9. The number of nitrogens with zero attached hydrogens (tertiary/aromatic N) is 2. The first kappa shape index (κ1) is 21.1. The van der Waals surface area contributed by atoms with Gasteiger partial charge in [0.1, 0.15) is 12.4 Å².